The predicted octanol–water partition coefficient (Wildman–Crippen LogP) is 2.65. The van der Waals surface area contributed by atoms with Crippen molar-refractivity contribution in [1.29, 1.82) is 0 Å². The van der Waals surface area contributed by atoms with Crippen LogP contribution >= 0.6 is 0 Å². The van der Waals surface area contributed by atoms with Gasteiger partial charge < -0.3 is 15.0 Å². The van der Waals surface area contributed by atoms with Crippen LogP contribution in [0.4, 0.5) is 0 Å². The first-order valence-electron chi connectivity index (χ1n) is 10.9. The van der Waals surface area contributed by atoms with E-state index in [9.17, 15) is 18.0 Å². The van der Waals surface area contributed by atoms with Crippen molar-refractivity contribution in [3.05, 3.63) is 60.2 Å². The van der Waals surface area contributed by atoms with Crippen molar-refractivity contribution in [3.8, 4) is 5.75 Å². The Kier molecular flexibility index (Phi) is 9.87. The van der Waals surface area contributed by atoms with Crippen molar-refractivity contribution < 1.29 is 22.7 Å². The summed E-state index contributed by atoms with van der Waals surface area (Å²) in [5.74, 6) is 0.206. The molecule has 0 aliphatic rings. The van der Waals surface area contributed by atoms with Crippen LogP contribution in [-0.2, 0) is 26.2 Å². The third-order valence-corrected chi connectivity index (χ3v) is 7.19. The number of hydrogen-bond acceptors (Lipinski definition) is 5. The first kappa shape index (κ1) is 26.3. The normalized spacial score (nSPS) is 12.3. The van der Waals surface area contributed by atoms with Crippen LogP contribution in [0.5, 0.6) is 5.75 Å². The van der Waals surface area contributed by atoms with Crippen LogP contribution < -0.4 is 10.1 Å². The molecular weight excluding hydrogens is 442 g/mol. The number of nitrogens with zero attached hydrogens (tertiary/aromatic N) is 2. The van der Waals surface area contributed by atoms with E-state index in [2.05, 4.69) is 5.32 Å². The largest absolute Gasteiger partial charge is 0.497 e. The number of amides is 2. The van der Waals surface area contributed by atoms with E-state index < -0.39 is 16.1 Å². The Labute approximate surface area is 196 Å². The summed E-state index contributed by atoms with van der Waals surface area (Å²) in [7, 11) is -0.553. The number of carbonyl (C=O) groups is 2. The monoisotopic (exact) mass is 475 g/mol. The molecule has 2 amide bonds. The number of methoxy groups -OCH3 is 1. The molecule has 0 saturated heterocycles. The van der Waals surface area contributed by atoms with Gasteiger partial charge in [0.15, 0.2) is 0 Å². The quantitative estimate of drug-likeness (QED) is 0.509. The number of ether oxygens (including phenoxy) is 1. The zero-order valence-electron chi connectivity index (χ0n) is 19.7. The Morgan fingerprint density at radius 1 is 1.09 bits per heavy atom. The molecule has 0 saturated carbocycles. The fourth-order valence-electron chi connectivity index (χ4n) is 3.36. The molecule has 0 aliphatic heterocycles. The van der Waals surface area contributed by atoms with Crippen molar-refractivity contribution in [2.75, 3.05) is 27.2 Å². The van der Waals surface area contributed by atoms with Crippen LogP contribution in [0.25, 0.3) is 0 Å². The molecule has 180 valence electrons. The summed E-state index contributed by atoms with van der Waals surface area (Å²) in [6.07, 6.45) is 0.445. The summed E-state index contributed by atoms with van der Waals surface area (Å²) in [5.41, 5.74) is 0.836. The van der Waals surface area contributed by atoms with Crippen LogP contribution in [0, 0.1) is 0 Å². The maximum atomic E-state index is 13.1. The number of sulfonamides is 1. The topological polar surface area (TPSA) is 96.0 Å². The second kappa shape index (κ2) is 12.4. The van der Waals surface area contributed by atoms with Crippen molar-refractivity contribution in [1.82, 2.24) is 14.5 Å². The Morgan fingerprint density at radius 2 is 1.79 bits per heavy atom. The van der Waals surface area contributed by atoms with Crippen LogP contribution in [0.15, 0.2) is 59.5 Å². The standard InChI is InChI=1S/C24H33N3O5S/c1-5-25-24(29)19(2)27(18-20-11-9-12-21(17-20)32-4)23(28)15-10-16-26(3)33(30,31)22-13-7-6-8-14-22/h6-9,11-14,17,19H,5,10,15-16,18H2,1-4H3,(H,25,29)/t19-/m1/s1. The molecule has 8 nitrogen and oxygen atoms in total. The van der Waals surface area contributed by atoms with Crippen molar-refractivity contribution in [2.45, 2.75) is 44.2 Å². The maximum Gasteiger partial charge on any atom is 0.242 e. The Hall–Kier alpha value is -2.91. The van der Waals surface area contributed by atoms with Crippen LogP contribution in [0.1, 0.15) is 32.3 Å². The number of carbonyl (C=O) groups excluding carboxylic acids is 2. The fraction of sp³-hybridized carbons (Fsp3) is 0.417. The van der Waals surface area contributed by atoms with Crippen molar-refractivity contribution >= 4 is 21.8 Å². The van der Waals surface area contributed by atoms with Gasteiger partial charge >= 0.3 is 0 Å². The van der Waals surface area contributed by atoms with Gasteiger partial charge in [-0.3, -0.25) is 9.59 Å². The Balaban J connectivity index is 2.08. The molecule has 0 fully saturated rings. The van der Waals surface area contributed by atoms with E-state index >= 15 is 0 Å². The van der Waals surface area contributed by atoms with Gasteiger partial charge in [-0.15, -0.1) is 0 Å². The van der Waals surface area contributed by atoms with Gasteiger partial charge in [0.1, 0.15) is 11.8 Å². The molecule has 33 heavy (non-hydrogen) atoms. The molecule has 0 aliphatic carbocycles. The summed E-state index contributed by atoms with van der Waals surface area (Å²) in [6.45, 7) is 4.40. The van der Waals surface area contributed by atoms with Gasteiger partial charge in [-0.2, -0.15) is 0 Å². The SMILES string of the molecule is CCNC(=O)[C@@H](C)N(Cc1cccc(OC)c1)C(=O)CCCN(C)S(=O)(=O)c1ccccc1. The summed E-state index contributed by atoms with van der Waals surface area (Å²) in [5, 5.41) is 2.76. The highest BCUT2D eigenvalue weighted by Gasteiger charge is 2.26. The second-order valence-electron chi connectivity index (χ2n) is 7.69. The molecule has 0 radical (unpaired) electrons. The minimum atomic E-state index is -3.62. The van der Waals surface area contributed by atoms with Crippen LogP contribution in [0.3, 0.4) is 0 Å². The van der Waals surface area contributed by atoms with E-state index in [-0.39, 0.29) is 36.2 Å². The molecule has 0 heterocycles. The van der Waals surface area contributed by atoms with Crippen molar-refractivity contribution in [2.24, 2.45) is 0 Å². The van der Waals surface area contributed by atoms with Gasteiger partial charge in [0.05, 0.1) is 12.0 Å². The highest BCUT2D eigenvalue weighted by Crippen LogP contribution is 2.18. The molecular formula is C24H33N3O5S. The number of hydrogen-bond donors (Lipinski definition) is 1. The van der Waals surface area contributed by atoms with Crippen LogP contribution in [0.2, 0.25) is 0 Å². The first-order valence-corrected chi connectivity index (χ1v) is 12.4. The van der Waals surface area contributed by atoms with Gasteiger partial charge in [-0.1, -0.05) is 30.3 Å². The highest BCUT2D eigenvalue weighted by atomic mass is 32.2. The lowest BCUT2D eigenvalue weighted by atomic mass is 10.1. The molecule has 2 aromatic rings. The number of rotatable bonds is 12. The lowest BCUT2D eigenvalue weighted by molar-refractivity contribution is -0.140. The third kappa shape index (κ3) is 7.30. The van der Waals surface area contributed by atoms with Crippen LogP contribution in [-0.4, -0.2) is 62.7 Å². The molecule has 0 bridgehead atoms. The van der Waals surface area contributed by atoms with E-state index in [4.69, 9.17) is 4.74 Å². The van der Waals surface area contributed by atoms with E-state index in [1.165, 1.54) is 16.3 Å². The van der Waals surface area contributed by atoms with Crippen molar-refractivity contribution in [3.63, 3.8) is 0 Å². The van der Waals surface area contributed by atoms with E-state index in [1.54, 1.807) is 44.4 Å². The van der Waals surface area contributed by atoms with Gasteiger partial charge in [0, 0.05) is 33.1 Å². The van der Waals surface area contributed by atoms with Gasteiger partial charge in [0.2, 0.25) is 21.8 Å². The molecule has 0 unspecified atom stereocenters. The third-order valence-electron chi connectivity index (χ3n) is 5.32. The molecule has 9 heteroatoms. The fourth-order valence-corrected chi connectivity index (χ4v) is 4.59. The first-order chi connectivity index (χ1) is 15.7. The van der Waals surface area contributed by atoms with E-state index in [0.717, 1.165) is 5.56 Å². The summed E-state index contributed by atoms with van der Waals surface area (Å²) in [6, 6.07) is 14.8. The maximum absolute atomic E-state index is 13.1. The lowest BCUT2D eigenvalue weighted by Crippen LogP contribution is -2.47. The zero-order valence-corrected chi connectivity index (χ0v) is 20.5. The molecule has 0 spiro atoms. The lowest BCUT2D eigenvalue weighted by Gasteiger charge is -2.29. The minimum absolute atomic E-state index is 0.113. The average molecular weight is 476 g/mol. The highest BCUT2D eigenvalue weighted by molar-refractivity contribution is 7.89. The summed E-state index contributed by atoms with van der Waals surface area (Å²) in [4.78, 5) is 27.3. The number of nitrogens with one attached hydrogen (secondary N) is 1. The summed E-state index contributed by atoms with van der Waals surface area (Å²) >= 11 is 0. The molecule has 1 N–H and O–H groups in total. The number of benzene rings is 2. The molecule has 2 rings (SSSR count). The van der Waals surface area contributed by atoms with E-state index in [1.807, 2.05) is 31.2 Å². The van der Waals surface area contributed by atoms with Gasteiger partial charge in [-0.25, -0.2) is 12.7 Å². The Morgan fingerprint density at radius 3 is 2.42 bits per heavy atom. The molecule has 0 aromatic heterocycles. The smallest absolute Gasteiger partial charge is 0.242 e. The Bertz CT molecular complexity index is 1030. The number of likely N-dealkylation sites (N-methyl/N-ethyl adjacent to an activating group) is 1. The predicted molar refractivity (Wildman–Crippen MR) is 127 cm³/mol. The van der Waals surface area contributed by atoms with Gasteiger partial charge in [0.25, 0.3) is 0 Å². The zero-order chi connectivity index (χ0) is 24.4. The second-order valence-corrected chi connectivity index (χ2v) is 9.73. The molecule has 2 aromatic carbocycles. The summed E-state index contributed by atoms with van der Waals surface area (Å²) < 4.78 is 31.9. The van der Waals surface area contributed by atoms with E-state index in [0.29, 0.717) is 18.7 Å². The molecule has 1 atom stereocenters. The minimum Gasteiger partial charge on any atom is -0.497 e. The average Bonchev–Trinajstić information content (AvgIpc) is 2.82. The van der Waals surface area contributed by atoms with Gasteiger partial charge in [-0.05, 0) is 50.1 Å².